The Morgan fingerprint density at radius 3 is 2.90 bits per heavy atom. The van der Waals surface area contributed by atoms with Gasteiger partial charge in [-0.2, -0.15) is 0 Å². The highest BCUT2D eigenvalue weighted by molar-refractivity contribution is 5.40. The number of hydrogen-bond donors (Lipinski definition) is 2. The summed E-state index contributed by atoms with van der Waals surface area (Å²) in [6, 6.07) is 5.41. The van der Waals surface area contributed by atoms with Gasteiger partial charge in [0.05, 0.1) is 6.10 Å². The van der Waals surface area contributed by atoms with Crippen LogP contribution in [0.2, 0.25) is 0 Å². The predicted molar refractivity (Wildman–Crippen MR) is 79.0 cm³/mol. The fraction of sp³-hybridized carbons (Fsp3) is 0.667. The molecule has 0 bridgehead atoms. The number of fused-ring (bicyclic) bond motifs is 5. The van der Waals surface area contributed by atoms with E-state index in [1.54, 1.807) is 12.1 Å². The van der Waals surface area contributed by atoms with E-state index in [0.29, 0.717) is 18.3 Å². The van der Waals surface area contributed by atoms with Crippen molar-refractivity contribution in [1.82, 2.24) is 0 Å². The molecule has 3 heteroatoms. The number of halogens is 1. The Balaban J connectivity index is 1.75. The zero-order chi connectivity index (χ0) is 14.8. The van der Waals surface area contributed by atoms with Crippen molar-refractivity contribution < 1.29 is 14.6 Å². The summed E-state index contributed by atoms with van der Waals surface area (Å²) in [5, 5.41) is 19.7. The van der Waals surface area contributed by atoms with Gasteiger partial charge in [-0.1, -0.05) is 13.0 Å². The number of benzene rings is 1. The molecule has 0 aromatic heterocycles. The Labute approximate surface area is 125 Å². The van der Waals surface area contributed by atoms with Crippen LogP contribution in [0.4, 0.5) is 4.39 Å². The van der Waals surface area contributed by atoms with Gasteiger partial charge in [-0.3, -0.25) is 0 Å². The SMILES string of the molecule is C[C@@]12C[C@H](O)C[C@H]1[C@@H]1CCc3cc(O)ccc3[C@H]1[C@@H](F)C2. The smallest absolute Gasteiger partial charge is 0.115 e. The molecule has 0 amide bonds. The quantitative estimate of drug-likeness (QED) is 0.767. The van der Waals surface area contributed by atoms with Gasteiger partial charge in [0.25, 0.3) is 0 Å². The van der Waals surface area contributed by atoms with Crippen molar-refractivity contribution in [1.29, 1.82) is 0 Å². The van der Waals surface area contributed by atoms with Crippen LogP contribution >= 0.6 is 0 Å². The number of aryl methyl sites for hydroxylation is 1. The molecule has 21 heavy (non-hydrogen) atoms. The molecule has 1 aromatic carbocycles. The Bertz CT molecular complexity index is 572. The first kappa shape index (κ1) is 13.6. The summed E-state index contributed by atoms with van der Waals surface area (Å²) < 4.78 is 15.0. The molecule has 0 saturated heterocycles. The van der Waals surface area contributed by atoms with E-state index in [0.717, 1.165) is 36.8 Å². The Morgan fingerprint density at radius 2 is 2.10 bits per heavy atom. The van der Waals surface area contributed by atoms with Crippen LogP contribution in [0.25, 0.3) is 0 Å². The second-order valence-electron chi connectivity index (χ2n) is 7.69. The van der Waals surface area contributed by atoms with Gasteiger partial charge in [0.1, 0.15) is 11.9 Å². The molecule has 3 aliphatic rings. The molecule has 0 radical (unpaired) electrons. The third-order valence-electron chi connectivity index (χ3n) is 6.38. The summed E-state index contributed by atoms with van der Waals surface area (Å²) >= 11 is 0. The van der Waals surface area contributed by atoms with Crippen LogP contribution in [0.15, 0.2) is 18.2 Å². The number of aliphatic hydroxyl groups is 1. The summed E-state index contributed by atoms with van der Waals surface area (Å²) in [7, 11) is 0. The van der Waals surface area contributed by atoms with Gasteiger partial charge in [-0.25, -0.2) is 4.39 Å². The molecule has 0 aliphatic heterocycles. The molecule has 0 unspecified atom stereocenters. The third-order valence-corrected chi connectivity index (χ3v) is 6.38. The summed E-state index contributed by atoms with van der Waals surface area (Å²) in [6.45, 7) is 2.17. The lowest BCUT2D eigenvalue weighted by molar-refractivity contribution is 0.00125. The first-order valence-electron chi connectivity index (χ1n) is 8.12. The van der Waals surface area contributed by atoms with Gasteiger partial charge in [-0.05, 0) is 72.6 Å². The fourth-order valence-electron chi connectivity index (χ4n) is 5.63. The lowest BCUT2D eigenvalue weighted by atomic mass is 9.55. The van der Waals surface area contributed by atoms with Gasteiger partial charge >= 0.3 is 0 Å². The second-order valence-corrected chi connectivity index (χ2v) is 7.69. The molecule has 4 rings (SSSR count). The normalized spacial score (nSPS) is 44.8. The molecule has 2 N–H and O–H groups in total. The fourth-order valence-corrected chi connectivity index (χ4v) is 5.63. The van der Waals surface area contributed by atoms with E-state index in [9.17, 15) is 14.6 Å². The minimum atomic E-state index is -0.829. The van der Waals surface area contributed by atoms with Crippen molar-refractivity contribution in [3.63, 3.8) is 0 Å². The van der Waals surface area contributed by atoms with Crippen LogP contribution in [0.3, 0.4) is 0 Å². The van der Waals surface area contributed by atoms with Crippen molar-refractivity contribution in [2.45, 2.75) is 57.2 Å². The van der Waals surface area contributed by atoms with E-state index in [1.807, 2.05) is 6.07 Å². The second kappa shape index (κ2) is 4.45. The van der Waals surface area contributed by atoms with Gasteiger partial charge in [0.15, 0.2) is 0 Å². The monoisotopic (exact) mass is 290 g/mol. The Hall–Kier alpha value is -1.09. The standard InChI is InChI=1S/C18H23FO2/c1-18-8-12(21)7-15(18)14-4-2-10-6-11(20)3-5-13(10)17(14)16(19)9-18/h3,5-6,12,14-17,20-21H,2,4,7-9H2,1H3/t12-,14+,15+,16+,17-,18+/m1/s1. The number of alkyl halides is 1. The van der Waals surface area contributed by atoms with Crippen LogP contribution in [-0.2, 0) is 6.42 Å². The Kier molecular flexibility index (Phi) is 2.88. The molecule has 6 atom stereocenters. The van der Waals surface area contributed by atoms with E-state index in [2.05, 4.69) is 6.92 Å². The van der Waals surface area contributed by atoms with Crippen molar-refractivity contribution in [3.8, 4) is 5.75 Å². The minimum Gasteiger partial charge on any atom is -0.508 e. The number of aromatic hydroxyl groups is 1. The van der Waals surface area contributed by atoms with Crippen LogP contribution in [-0.4, -0.2) is 22.5 Å². The van der Waals surface area contributed by atoms with Gasteiger partial charge in [0, 0.05) is 5.92 Å². The molecular formula is C18H23FO2. The molecular weight excluding hydrogens is 267 g/mol. The number of rotatable bonds is 0. The minimum absolute atomic E-state index is 0.0333. The zero-order valence-electron chi connectivity index (χ0n) is 12.4. The first-order valence-corrected chi connectivity index (χ1v) is 8.12. The number of aliphatic hydroxyl groups excluding tert-OH is 1. The summed E-state index contributed by atoms with van der Waals surface area (Å²) in [5.74, 6) is 1.01. The summed E-state index contributed by atoms with van der Waals surface area (Å²) in [4.78, 5) is 0. The maximum absolute atomic E-state index is 15.0. The molecule has 0 spiro atoms. The van der Waals surface area contributed by atoms with E-state index in [1.165, 1.54) is 0 Å². The lowest BCUT2D eigenvalue weighted by Crippen LogP contribution is -2.45. The number of hydrogen-bond acceptors (Lipinski definition) is 2. The first-order chi connectivity index (χ1) is 9.98. The zero-order valence-corrected chi connectivity index (χ0v) is 12.4. The van der Waals surface area contributed by atoms with Crippen molar-refractivity contribution in [2.75, 3.05) is 0 Å². The predicted octanol–water partition coefficient (Wildman–Crippen LogP) is 3.56. The summed E-state index contributed by atoms with van der Waals surface area (Å²) in [6.07, 6.45) is 2.96. The van der Waals surface area contributed by atoms with E-state index in [4.69, 9.17) is 0 Å². The van der Waals surface area contributed by atoms with Crippen LogP contribution in [0.5, 0.6) is 5.75 Å². The average molecular weight is 290 g/mol. The molecule has 2 saturated carbocycles. The van der Waals surface area contributed by atoms with Gasteiger partial charge in [0.2, 0.25) is 0 Å². The summed E-state index contributed by atoms with van der Waals surface area (Å²) in [5.41, 5.74) is 2.18. The van der Waals surface area contributed by atoms with E-state index in [-0.39, 0.29) is 23.2 Å². The largest absolute Gasteiger partial charge is 0.508 e. The molecule has 1 aromatic rings. The van der Waals surface area contributed by atoms with Crippen molar-refractivity contribution in [3.05, 3.63) is 29.3 Å². The number of phenols is 1. The van der Waals surface area contributed by atoms with Crippen LogP contribution < -0.4 is 0 Å². The number of phenolic OH excluding ortho intramolecular Hbond substituents is 1. The molecule has 114 valence electrons. The van der Waals surface area contributed by atoms with E-state index < -0.39 is 6.17 Å². The molecule has 0 heterocycles. The maximum Gasteiger partial charge on any atom is 0.115 e. The van der Waals surface area contributed by atoms with Crippen molar-refractivity contribution >= 4 is 0 Å². The highest BCUT2D eigenvalue weighted by atomic mass is 19.1. The van der Waals surface area contributed by atoms with E-state index >= 15 is 0 Å². The Morgan fingerprint density at radius 1 is 1.29 bits per heavy atom. The highest BCUT2D eigenvalue weighted by Crippen LogP contribution is 2.61. The molecule has 2 nitrogen and oxygen atoms in total. The third kappa shape index (κ3) is 1.93. The van der Waals surface area contributed by atoms with Crippen LogP contribution in [0.1, 0.15) is 49.7 Å². The topological polar surface area (TPSA) is 40.5 Å². The van der Waals surface area contributed by atoms with Gasteiger partial charge < -0.3 is 10.2 Å². The lowest BCUT2D eigenvalue weighted by Gasteiger charge is -2.50. The van der Waals surface area contributed by atoms with Crippen LogP contribution in [0, 0.1) is 17.3 Å². The highest BCUT2D eigenvalue weighted by Gasteiger charge is 2.56. The molecule has 2 fully saturated rings. The average Bonchev–Trinajstić information content (AvgIpc) is 2.72. The molecule has 3 aliphatic carbocycles. The van der Waals surface area contributed by atoms with Gasteiger partial charge in [-0.15, -0.1) is 0 Å². The van der Waals surface area contributed by atoms with Crippen molar-refractivity contribution in [2.24, 2.45) is 17.3 Å². The maximum atomic E-state index is 15.0.